The molecule has 9 nitrogen and oxygen atoms in total. The first kappa shape index (κ1) is 23.9. The quantitative estimate of drug-likeness (QED) is 0.349. The summed E-state index contributed by atoms with van der Waals surface area (Å²) < 4.78 is 22.2. The standard InChI is InChI=1S/C26H26N2O7/c1-32-20-7-9-21(10-8-20)35-16-23-22-15-25(34-3)24(33-2)14-17(22)11-12-27(23)26(29)18-5-4-6-19(13-18)28(30)31/h4-10,13-15,23H,11-12,16H2,1-3H3/t23-/m0/s1. The van der Waals surface area contributed by atoms with E-state index in [2.05, 4.69) is 0 Å². The van der Waals surface area contributed by atoms with Gasteiger partial charge in [0, 0.05) is 24.2 Å². The Labute approximate surface area is 202 Å². The molecule has 4 rings (SSSR count). The molecule has 0 bridgehead atoms. The van der Waals surface area contributed by atoms with Crippen molar-refractivity contribution in [2.75, 3.05) is 34.5 Å². The van der Waals surface area contributed by atoms with Crippen LogP contribution in [0.15, 0.2) is 60.7 Å². The lowest BCUT2D eigenvalue weighted by molar-refractivity contribution is -0.384. The summed E-state index contributed by atoms with van der Waals surface area (Å²) in [5.74, 6) is 2.18. The highest BCUT2D eigenvalue weighted by Crippen LogP contribution is 2.39. The molecular formula is C26H26N2O7. The van der Waals surface area contributed by atoms with Crippen LogP contribution in [0, 0.1) is 10.1 Å². The van der Waals surface area contributed by atoms with Crippen molar-refractivity contribution in [3.63, 3.8) is 0 Å². The Balaban J connectivity index is 1.70. The second kappa shape index (κ2) is 10.3. The van der Waals surface area contributed by atoms with Gasteiger partial charge in [0.1, 0.15) is 18.1 Å². The minimum atomic E-state index is -0.510. The van der Waals surface area contributed by atoms with Crippen LogP contribution < -0.4 is 18.9 Å². The lowest BCUT2D eigenvalue weighted by Gasteiger charge is -2.37. The number of hydrogen-bond acceptors (Lipinski definition) is 7. The molecule has 0 aliphatic carbocycles. The number of fused-ring (bicyclic) bond motifs is 1. The van der Waals surface area contributed by atoms with E-state index in [0.29, 0.717) is 36.0 Å². The molecule has 0 radical (unpaired) electrons. The first-order valence-electron chi connectivity index (χ1n) is 11.0. The van der Waals surface area contributed by atoms with Gasteiger partial charge in [0.15, 0.2) is 11.5 Å². The van der Waals surface area contributed by atoms with Gasteiger partial charge in [-0.05, 0) is 60.0 Å². The van der Waals surface area contributed by atoms with Crippen LogP contribution in [0.1, 0.15) is 27.5 Å². The number of rotatable bonds is 8. The lowest BCUT2D eigenvalue weighted by atomic mass is 9.91. The van der Waals surface area contributed by atoms with Crippen molar-refractivity contribution in [2.45, 2.75) is 12.5 Å². The second-order valence-electron chi connectivity index (χ2n) is 7.96. The minimum Gasteiger partial charge on any atom is -0.497 e. The number of benzene rings is 3. The van der Waals surface area contributed by atoms with E-state index in [1.165, 1.54) is 18.2 Å². The number of ether oxygens (including phenoxy) is 4. The number of nitrogens with zero attached hydrogens (tertiary/aromatic N) is 2. The molecule has 0 fully saturated rings. The highest BCUT2D eigenvalue weighted by molar-refractivity contribution is 5.95. The molecule has 0 spiro atoms. The normalized spacial score (nSPS) is 14.6. The lowest BCUT2D eigenvalue weighted by Crippen LogP contribution is -2.42. The van der Waals surface area contributed by atoms with Gasteiger partial charge < -0.3 is 23.8 Å². The highest BCUT2D eigenvalue weighted by atomic mass is 16.6. The van der Waals surface area contributed by atoms with Crippen LogP contribution in [-0.2, 0) is 6.42 Å². The molecule has 0 saturated carbocycles. The third kappa shape index (κ3) is 4.98. The number of nitro benzene ring substituents is 1. The van der Waals surface area contributed by atoms with Crippen LogP contribution in [0.2, 0.25) is 0 Å². The Bertz CT molecular complexity index is 1230. The maximum Gasteiger partial charge on any atom is 0.270 e. The number of carbonyl (C=O) groups excluding carboxylic acids is 1. The average Bonchev–Trinajstić information content (AvgIpc) is 2.90. The molecule has 0 unspecified atom stereocenters. The van der Waals surface area contributed by atoms with E-state index in [1.54, 1.807) is 56.6 Å². The molecule has 1 aliphatic rings. The van der Waals surface area contributed by atoms with Gasteiger partial charge in [-0.2, -0.15) is 0 Å². The van der Waals surface area contributed by atoms with Crippen molar-refractivity contribution in [1.82, 2.24) is 4.90 Å². The Kier molecular flexibility index (Phi) is 7.05. The molecule has 0 aromatic heterocycles. The van der Waals surface area contributed by atoms with Crippen LogP contribution in [0.4, 0.5) is 5.69 Å². The van der Waals surface area contributed by atoms with Gasteiger partial charge in [-0.3, -0.25) is 14.9 Å². The van der Waals surface area contributed by atoms with Crippen LogP contribution in [0.5, 0.6) is 23.0 Å². The van der Waals surface area contributed by atoms with E-state index in [4.69, 9.17) is 18.9 Å². The zero-order valence-corrected chi connectivity index (χ0v) is 19.7. The number of methoxy groups -OCH3 is 3. The van der Waals surface area contributed by atoms with Gasteiger partial charge in [0.25, 0.3) is 11.6 Å². The van der Waals surface area contributed by atoms with Gasteiger partial charge in [-0.25, -0.2) is 0 Å². The fourth-order valence-corrected chi connectivity index (χ4v) is 4.22. The predicted molar refractivity (Wildman–Crippen MR) is 129 cm³/mol. The first-order chi connectivity index (χ1) is 16.9. The molecular weight excluding hydrogens is 452 g/mol. The monoisotopic (exact) mass is 478 g/mol. The smallest absolute Gasteiger partial charge is 0.270 e. The van der Waals surface area contributed by atoms with E-state index in [9.17, 15) is 14.9 Å². The molecule has 3 aromatic carbocycles. The summed E-state index contributed by atoms with van der Waals surface area (Å²) in [7, 11) is 4.73. The van der Waals surface area contributed by atoms with Gasteiger partial charge in [0.05, 0.1) is 32.3 Å². The molecule has 0 N–H and O–H groups in total. The maximum atomic E-state index is 13.5. The Morgan fingerprint density at radius 1 is 0.971 bits per heavy atom. The Morgan fingerprint density at radius 2 is 1.66 bits per heavy atom. The third-order valence-electron chi connectivity index (χ3n) is 6.03. The summed E-state index contributed by atoms with van der Waals surface area (Å²) >= 11 is 0. The van der Waals surface area contributed by atoms with Crippen molar-refractivity contribution in [2.24, 2.45) is 0 Å². The van der Waals surface area contributed by atoms with Crippen LogP contribution in [0.3, 0.4) is 0 Å². The van der Waals surface area contributed by atoms with Crippen molar-refractivity contribution >= 4 is 11.6 Å². The zero-order chi connectivity index (χ0) is 24.9. The van der Waals surface area contributed by atoms with Crippen molar-refractivity contribution in [3.8, 4) is 23.0 Å². The Hall–Kier alpha value is -4.27. The Morgan fingerprint density at radius 3 is 2.31 bits per heavy atom. The zero-order valence-electron chi connectivity index (χ0n) is 19.7. The van der Waals surface area contributed by atoms with E-state index < -0.39 is 11.0 Å². The molecule has 1 heterocycles. The largest absolute Gasteiger partial charge is 0.497 e. The number of carbonyl (C=O) groups is 1. The highest BCUT2D eigenvalue weighted by Gasteiger charge is 2.33. The number of amides is 1. The number of non-ortho nitro benzene ring substituents is 1. The fraction of sp³-hybridized carbons (Fsp3) is 0.269. The molecule has 35 heavy (non-hydrogen) atoms. The predicted octanol–water partition coefficient (Wildman–Crippen LogP) is 4.44. The summed E-state index contributed by atoms with van der Waals surface area (Å²) in [5, 5.41) is 11.2. The van der Waals surface area contributed by atoms with Crippen LogP contribution in [-0.4, -0.2) is 50.2 Å². The summed E-state index contributed by atoms with van der Waals surface area (Å²) in [6, 6.07) is 16.3. The third-order valence-corrected chi connectivity index (χ3v) is 6.03. The minimum absolute atomic E-state index is 0.134. The molecule has 9 heteroatoms. The van der Waals surface area contributed by atoms with Crippen LogP contribution in [0.25, 0.3) is 0 Å². The number of nitro groups is 1. The van der Waals surface area contributed by atoms with Crippen molar-refractivity contribution in [1.29, 1.82) is 0 Å². The molecule has 1 amide bonds. The van der Waals surface area contributed by atoms with Crippen molar-refractivity contribution < 1.29 is 28.7 Å². The van der Waals surface area contributed by atoms with E-state index in [0.717, 1.165) is 11.1 Å². The van der Waals surface area contributed by atoms with E-state index >= 15 is 0 Å². The molecule has 3 aromatic rings. The average molecular weight is 479 g/mol. The molecule has 0 saturated heterocycles. The topological polar surface area (TPSA) is 100 Å². The summed E-state index contributed by atoms with van der Waals surface area (Å²) in [6.07, 6.45) is 0.593. The van der Waals surface area contributed by atoms with Gasteiger partial charge >= 0.3 is 0 Å². The SMILES string of the molecule is COc1ccc(OC[C@H]2c3cc(OC)c(OC)cc3CCN2C(=O)c2cccc([N+](=O)[O-])c2)cc1. The molecule has 1 atom stereocenters. The van der Waals surface area contributed by atoms with E-state index in [-0.39, 0.29) is 23.8 Å². The fourth-order valence-electron chi connectivity index (χ4n) is 4.22. The van der Waals surface area contributed by atoms with Gasteiger partial charge in [0.2, 0.25) is 0 Å². The number of hydrogen-bond donors (Lipinski definition) is 0. The van der Waals surface area contributed by atoms with Crippen molar-refractivity contribution in [3.05, 3.63) is 87.5 Å². The van der Waals surface area contributed by atoms with E-state index in [1.807, 2.05) is 12.1 Å². The molecule has 182 valence electrons. The van der Waals surface area contributed by atoms with Gasteiger partial charge in [-0.15, -0.1) is 0 Å². The maximum absolute atomic E-state index is 13.5. The summed E-state index contributed by atoms with van der Waals surface area (Å²) in [4.78, 5) is 26.0. The summed E-state index contributed by atoms with van der Waals surface area (Å²) in [5.41, 5.74) is 2.01. The van der Waals surface area contributed by atoms with Gasteiger partial charge in [-0.1, -0.05) is 6.07 Å². The summed E-state index contributed by atoms with van der Waals surface area (Å²) in [6.45, 7) is 0.593. The second-order valence-corrected chi connectivity index (χ2v) is 7.96. The van der Waals surface area contributed by atoms with Crippen LogP contribution >= 0.6 is 0 Å². The first-order valence-corrected chi connectivity index (χ1v) is 11.0. The molecule has 1 aliphatic heterocycles.